The SMILES string of the molecule is COc1cccc(-c2nccn2C(C)C(N)=O)c1. The lowest BCUT2D eigenvalue weighted by molar-refractivity contribution is -0.120. The smallest absolute Gasteiger partial charge is 0.240 e. The lowest BCUT2D eigenvalue weighted by atomic mass is 10.2. The third-order valence-corrected chi connectivity index (χ3v) is 2.83. The van der Waals surface area contributed by atoms with Crippen LogP contribution in [0.25, 0.3) is 11.4 Å². The molecular weight excluding hydrogens is 230 g/mol. The predicted octanol–water partition coefficient (Wildman–Crippen LogP) is 1.60. The summed E-state index contributed by atoms with van der Waals surface area (Å²) in [5, 5.41) is 0. The van der Waals surface area contributed by atoms with E-state index >= 15 is 0 Å². The molecule has 1 amide bonds. The van der Waals surface area contributed by atoms with Crippen molar-refractivity contribution in [1.82, 2.24) is 9.55 Å². The van der Waals surface area contributed by atoms with Crippen LogP contribution in [0.15, 0.2) is 36.7 Å². The first-order chi connectivity index (χ1) is 8.63. The number of hydrogen-bond donors (Lipinski definition) is 1. The van der Waals surface area contributed by atoms with Gasteiger partial charge in [0.15, 0.2) is 0 Å². The summed E-state index contributed by atoms with van der Waals surface area (Å²) >= 11 is 0. The Morgan fingerprint density at radius 2 is 2.28 bits per heavy atom. The number of nitrogens with two attached hydrogens (primary N) is 1. The third-order valence-electron chi connectivity index (χ3n) is 2.83. The first-order valence-corrected chi connectivity index (χ1v) is 5.60. The second kappa shape index (κ2) is 4.91. The summed E-state index contributed by atoms with van der Waals surface area (Å²) in [5.74, 6) is 1.05. The summed E-state index contributed by atoms with van der Waals surface area (Å²) in [6.07, 6.45) is 3.39. The molecule has 5 heteroatoms. The van der Waals surface area contributed by atoms with E-state index in [-0.39, 0.29) is 0 Å². The summed E-state index contributed by atoms with van der Waals surface area (Å²) < 4.78 is 6.92. The molecule has 5 nitrogen and oxygen atoms in total. The number of carbonyl (C=O) groups excluding carboxylic acids is 1. The second-order valence-corrected chi connectivity index (χ2v) is 3.97. The molecule has 1 aromatic heterocycles. The summed E-state index contributed by atoms with van der Waals surface area (Å²) in [4.78, 5) is 15.5. The molecular formula is C13H15N3O2. The van der Waals surface area contributed by atoms with Crippen LogP contribution < -0.4 is 10.5 Å². The minimum Gasteiger partial charge on any atom is -0.497 e. The predicted molar refractivity (Wildman–Crippen MR) is 68.1 cm³/mol. The molecule has 1 atom stereocenters. The van der Waals surface area contributed by atoms with Gasteiger partial charge in [0.25, 0.3) is 0 Å². The van der Waals surface area contributed by atoms with E-state index in [2.05, 4.69) is 4.98 Å². The molecule has 2 aromatic rings. The van der Waals surface area contributed by atoms with Crippen LogP contribution in [0, 0.1) is 0 Å². The van der Waals surface area contributed by atoms with Crippen LogP contribution in [0.1, 0.15) is 13.0 Å². The van der Waals surface area contributed by atoms with Gasteiger partial charge in [0.2, 0.25) is 5.91 Å². The van der Waals surface area contributed by atoms with E-state index < -0.39 is 11.9 Å². The molecule has 18 heavy (non-hydrogen) atoms. The maximum absolute atomic E-state index is 11.3. The molecule has 1 aromatic carbocycles. The number of carbonyl (C=O) groups is 1. The van der Waals surface area contributed by atoms with Gasteiger partial charge in [-0.15, -0.1) is 0 Å². The first-order valence-electron chi connectivity index (χ1n) is 5.60. The van der Waals surface area contributed by atoms with Gasteiger partial charge < -0.3 is 15.0 Å². The maximum Gasteiger partial charge on any atom is 0.240 e. The molecule has 2 rings (SSSR count). The van der Waals surface area contributed by atoms with E-state index in [0.29, 0.717) is 5.82 Å². The Morgan fingerprint density at radius 3 is 2.94 bits per heavy atom. The van der Waals surface area contributed by atoms with Crippen molar-refractivity contribution in [3.05, 3.63) is 36.7 Å². The Kier molecular flexibility index (Phi) is 3.32. The van der Waals surface area contributed by atoms with Gasteiger partial charge in [-0.25, -0.2) is 4.98 Å². The number of methoxy groups -OCH3 is 1. The highest BCUT2D eigenvalue weighted by atomic mass is 16.5. The van der Waals surface area contributed by atoms with Gasteiger partial charge >= 0.3 is 0 Å². The third kappa shape index (κ3) is 2.20. The lowest BCUT2D eigenvalue weighted by Gasteiger charge is -2.13. The van der Waals surface area contributed by atoms with Gasteiger partial charge in [-0.3, -0.25) is 4.79 Å². The number of rotatable bonds is 4. The second-order valence-electron chi connectivity index (χ2n) is 3.97. The molecule has 0 saturated heterocycles. The minimum atomic E-state index is -0.436. The molecule has 1 heterocycles. The molecule has 0 bridgehead atoms. The standard InChI is InChI=1S/C13H15N3O2/c1-9(12(14)17)16-7-6-15-13(16)10-4-3-5-11(8-10)18-2/h3-9H,1-2H3,(H2,14,17). The Balaban J connectivity index is 2.45. The van der Waals surface area contributed by atoms with Crippen molar-refractivity contribution in [2.75, 3.05) is 7.11 Å². The van der Waals surface area contributed by atoms with E-state index in [1.54, 1.807) is 31.0 Å². The van der Waals surface area contributed by atoms with Crippen LogP contribution >= 0.6 is 0 Å². The molecule has 1 unspecified atom stereocenters. The summed E-state index contributed by atoms with van der Waals surface area (Å²) in [6.45, 7) is 1.74. The van der Waals surface area contributed by atoms with Gasteiger partial charge in [-0.1, -0.05) is 12.1 Å². The topological polar surface area (TPSA) is 70.1 Å². The molecule has 0 radical (unpaired) electrons. The summed E-state index contributed by atoms with van der Waals surface area (Å²) in [7, 11) is 1.61. The van der Waals surface area contributed by atoms with Crippen molar-refractivity contribution < 1.29 is 9.53 Å². The van der Waals surface area contributed by atoms with Crippen LogP contribution in [0.5, 0.6) is 5.75 Å². The average molecular weight is 245 g/mol. The average Bonchev–Trinajstić information content (AvgIpc) is 2.86. The molecule has 0 aliphatic heterocycles. The molecule has 0 fully saturated rings. The Hall–Kier alpha value is -2.30. The van der Waals surface area contributed by atoms with Gasteiger partial charge in [0.1, 0.15) is 17.6 Å². The highest BCUT2D eigenvalue weighted by Gasteiger charge is 2.16. The fraction of sp³-hybridized carbons (Fsp3) is 0.231. The monoisotopic (exact) mass is 245 g/mol. The molecule has 2 N–H and O–H groups in total. The van der Waals surface area contributed by atoms with E-state index in [1.165, 1.54) is 0 Å². The first kappa shape index (κ1) is 12.2. The van der Waals surface area contributed by atoms with Crippen molar-refractivity contribution in [1.29, 1.82) is 0 Å². The molecule has 94 valence electrons. The number of ether oxygens (including phenoxy) is 1. The van der Waals surface area contributed by atoms with Crippen molar-refractivity contribution in [3.8, 4) is 17.1 Å². The number of nitrogens with zero attached hydrogens (tertiary/aromatic N) is 2. The van der Waals surface area contributed by atoms with E-state index in [4.69, 9.17) is 10.5 Å². The number of benzene rings is 1. The number of primary amides is 1. The largest absolute Gasteiger partial charge is 0.497 e. The number of imidazole rings is 1. The Labute approximate surface area is 105 Å². The number of aromatic nitrogens is 2. The van der Waals surface area contributed by atoms with Crippen molar-refractivity contribution in [3.63, 3.8) is 0 Å². The molecule has 0 saturated carbocycles. The van der Waals surface area contributed by atoms with Crippen molar-refractivity contribution in [2.24, 2.45) is 5.73 Å². The normalized spacial score (nSPS) is 12.1. The van der Waals surface area contributed by atoms with Crippen LogP contribution in [0.3, 0.4) is 0 Å². The number of hydrogen-bond acceptors (Lipinski definition) is 3. The van der Waals surface area contributed by atoms with Crippen LogP contribution in [-0.4, -0.2) is 22.6 Å². The fourth-order valence-corrected chi connectivity index (χ4v) is 1.75. The van der Waals surface area contributed by atoms with Crippen molar-refractivity contribution >= 4 is 5.91 Å². The highest BCUT2D eigenvalue weighted by molar-refractivity contribution is 5.78. The van der Waals surface area contributed by atoms with Crippen molar-refractivity contribution in [2.45, 2.75) is 13.0 Å². The molecule has 0 spiro atoms. The van der Waals surface area contributed by atoms with E-state index in [1.807, 2.05) is 24.3 Å². The Bertz CT molecular complexity index is 563. The zero-order valence-corrected chi connectivity index (χ0v) is 10.3. The summed E-state index contributed by atoms with van der Waals surface area (Å²) in [5.41, 5.74) is 6.20. The molecule has 0 aliphatic carbocycles. The maximum atomic E-state index is 11.3. The minimum absolute atomic E-state index is 0.392. The highest BCUT2D eigenvalue weighted by Crippen LogP contribution is 2.24. The van der Waals surface area contributed by atoms with Gasteiger partial charge in [0, 0.05) is 18.0 Å². The van der Waals surface area contributed by atoms with Crippen LogP contribution in [0.2, 0.25) is 0 Å². The quantitative estimate of drug-likeness (QED) is 0.889. The van der Waals surface area contributed by atoms with Gasteiger partial charge in [-0.2, -0.15) is 0 Å². The zero-order chi connectivity index (χ0) is 13.1. The van der Waals surface area contributed by atoms with Gasteiger partial charge in [0.05, 0.1) is 7.11 Å². The van der Waals surface area contributed by atoms with Crippen LogP contribution in [-0.2, 0) is 4.79 Å². The fourth-order valence-electron chi connectivity index (χ4n) is 1.75. The van der Waals surface area contributed by atoms with E-state index in [9.17, 15) is 4.79 Å². The van der Waals surface area contributed by atoms with Gasteiger partial charge in [-0.05, 0) is 19.1 Å². The van der Waals surface area contributed by atoms with E-state index in [0.717, 1.165) is 11.3 Å². The molecule has 0 aliphatic rings. The lowest BCUT2D eigenvalue weighted by Crippen LogP contribution is -2.24. The zero-order valence-electron chi connectivity index (χ0n) is 10.3. The Morgan fingerprint density at radius 1 is 1.50 bits per heavy atom. The number of amides is 1. The summed E-state index contributed by atoms with van der Waals surface area (Å²) in [6, 6.07) is 7.08. The van der Waals surface area contributed by atoms with Crippen LogP contribution in [0.4, 0.5) is 0 Å².